The van der Waals surface area contributed by atoms with Crippen molar-refractivity contribution in [3.05, 3.63) is 90.2 Å². The number of allylic oxidation sites excluding steroid dienone is 1. The van der Waals surface area contributed by atoms with Gasteiger partial charge in [-0.2, -0.15) is 0 Å². The second-order valence-corrected chi connectivity index (χ2v) is 5.06. The first-order chi connectivity index (χ1) is 10.1. The van der Waals surface area contributed by atoms with Crippen molar-refractivity contribution in [2.75, 3.05) is 5.73 Å². The summed E-state index contributed by atoms with van der Waals surface area (Å²) in [4.78, 5) is 0. The minimum absolute atomic E-state index is 0.385. The highest BCUT2D eigenvalue weighted by Gasteiger charge is 2.24. The first kappa shape index (κ1) is 14.9. The molecule has 0 saturated carbocycles. The molecule has 0 aliphatic heterocycles. The van der Waals surface area contributed by atoms with Crippen LogP contribution in [0, 0.1) is 0 Å². The van der Waals surface area contributed by atoms with E-state index in [1.165, 1.54) is 0 Å². The average Bonchev–Trinajstić information content (AvgIpc) is 2.53. The van der Waals surface area contributed by atoms with E-state index in [0.717, 1.165) is 23.4 Å². The molecule has 1 unspecified atom stereocenters. The highest BCUT2D eigenvalue weighted by molar-refractivity contribution is 5.36. The lowest BCUT2D eigenvalue weighted by molar-refractivity contribution is 0.562. The minimum atomic E-state index is -0.385. The van der Waals surface area contributed by atoms with Crippen molar-refractivity contribution in [2.24, 2.45) is 11.5 Å². The summed E-state index contributed by atoms with van der Waals surface area (Å²) in [6.45, 7) is 0. The lowest BCUT2D eigenvalue weighted by atomic mass is 9.84. The van der Waals surface area contributed by atoms with Crippen LogP contribution in [0.1, 0.15) is 12.0 Å². The van der Waals surface area contributed by atoms with Crippen LogP contribution in [0.25, 0.3) is 0 Å². The molecule has 0 saturated heterocycles. The summed E-state index contributed by atoms with van der Waals surface area (Å²) in [7, 11) is 0. The van der Waals surface area contributed by atoms with Crippen LogP contribution in [0.5, 0.6) is 0 Å². The maximum atomic E-state index is 6.26. The highest BCUT2D eigenvalue weighted by Crippen LogP contribution is 2.27. The normalized spacial score (nSPS) is 20.1. The zero-order valence-corrected chi connectivity index (χ0v) is 11.9. The van der Waals surface area contributed by atoms with Crippen LogP contribution in [0.4, 0.5) is 5.69 Å². The van der Waals surface area contributed by atoms with Crippen LogP contribution in [-0.2, 0) is 5.54 Å². The van der Waals surface area contributed by atoms with Gasteiger partial charge in [0, 0.05) is 11.4 Å². The zero-order chi connectivity index (χ0) is 15.1. The highest BCUT2D eigenvalue weighted by atomic mass is 14.7. The third-order valence-corrected chi connectivity index (χ3v) is 3.36. The van der Waals surface area contributed by atoms with Gasteiger partial charge in [-0.3, -0.25) is 0 Å². The second-order valence-electron chi connectivity index (χ2n) is 5.06. The summed E-state index contributed by atoms with van der Waals surface area (Å²) in [5.41, 5.74) is 19.6. The molecule has 1 atom stereocenters. The molecule has 108 valence electrons. The Morgan fingerprint density at radius 2 is 1.38 bits per heavy atom. The first-order valence-electron chi connectivity index (χ1n) is 6.90. The van der Waals surface area contributed by atoms with Gasteiger partial charge in [-0.05, 0) is 30.2 Å². The molecule has 0 amide bonds. The molecule has 3 nitrogen and oxygen atoms in total. The van der Waals surface area contributed by atoms with Gasteiger partial charge in [-0.1, -0.05) is 60.7 Å². The molecule has 0 heterocycles. The van der Waals surface area contributed by atoms with Crippen molar-refractivity contribution < 1.29 is 0 Å². The van der Waals surface area contributed by atoms with Crippen molar-refractivity contribution in [1.29, 1.82) is 0 Å². The fourth-order valence-corrected chi connectivity index (χ4v) is 2.08. The largest absolute Gasteiger partial charge is 0.399 e. The Bertz CT molecular complexity index is 617. The topological polar surface area (TPSA) is 78.1 Å². The van der Waals surface area contributed by atoms with Crippen LogP contribution in [0.2, 0.25) is 0 Å². The Labute approximate surface area is 125 Å². The van der Waals surface area contributed by atoms with Crippen LogP contribution in [0.15, 0.2) is 84.6 Å². The summed E-state index contributed by atoms with van der Waals surface area (Å²) in [6, 6.07) is 19.6. The standard InChI is InChI=1S/C12H14N2.C6H7N/c13-11-6-8-12(14,9-7-11)10-4-2-1-3-5-10;7-6-4-2-1-3-5-6/h1-8H,9,13-14H2;1-5H,7H2. The first-order valence-corrected chi connectivity index (χ1v) is 6.90. The van der Waals surface area contributed by atoms with E-state index in [2.05, 4.69) is 0 Å². The number of hydrogen-bond donors (Lipinski definition) is 3. The van der Waals surface area contributed by atoms with Crippen LogP contribution in [0.3, 0.4) is 0 Å². The van der Waals surface area contributed by atoms with Crippen molar-refractivity contribution in [2.45, 2.75) is 12.0 Å². The van der Waals surface area contributed by atoms with E-state index in [4.69, 9.17) is 17.2 Å². The molecule has 0 bridgehead atoms. The molecule has 3 heteroatoms. The molecular weight excluding hydrogens is 258 g/mol. The minimum Gasteiger partial charge on any atom is -0.399 e. The lowest BCUT2D eigenvalue weighted by Gasteiger charge is -2.27. The molecule has 21 heavy (non-hydrogen) atoms. The van der Waals surface area contributed by atoms with Gasteiger partial charge in [0.1, 0.15) is 0 Å². The van der Waals surface area contributed by atoms with Gasteiger partial charge < -0.3 is 17.2 Å². The van der Waals surface area contributed by atoms with E-state index in [1.54, 1.807) is 0 Å². The Kier molecular flexibility index (Phi) is 4.80. The molecule has 2 aromatic carbocycles. The summed E-state index contributed by atoms with van der Waals surface area (Å²) < 4.78 is 0. The van der Waals surface area contributed by atoms with Gasteiger partial charge in [0.05, 0.1) is 5.54 Å². The van der Waals surface area contributed by atoms with Crippen molar-refractivity contribution in [3.63, 3.8) is 0 Å². The van der Waals surface area contributed by atoms with E-state index in [9.17, 15) is 0 Å². The molecule has 1 aliphatic rings. The van der Waals surface area contributed by atoms with E-state index in [-0.39, 0.29) is 5.54 Å². The third kappa shape index (κ3) is 4.23. The molecule has 0 aromatic heterocycles. The number of benzene rings is 2. The smallest absolute Gasteiger partial charge is 0.0634 e. The molecule has 1 aliphatic carbocycles. The maximum absolute atomic E-state index is 6.26. The van der Waals surface area contributed by atoms with Gasteiger partial charge >= 0.3 is 0 Å². The van der Waals surface area contributed by atoms with Crippen LogP contribution < -0.4 is 17.2 Å². The number of nitrogen functional groups attached to an aromatic ring is 1. The molecule has 3 rings (SSSR count). The monoisotopic (exact) mass is 279 g/mol. The van der Waals surface area contributed by atoms with Gasteiger partial charge in [0.15, 0.2) is 0 Å². The van der Waals surface area contributed by atoms with Crippen molar-refractivity contribution in [3.8, 4) is 0 Å². The van der Waals surface area contributed by atoms with E-state index < -0.39 is 0 Å². The molecule has 0 fully saturated rings. The number of hydrogen-bond acceptors (Lipinski definition) is 3. The van der Waals surface area contributed by atoms with Crippen molar-refractivity contribution in [1.82, 2.24) is 0 Å². The third-order valence-electron chi connectivity index (χ3n) is 3.36. The molecule has 2 aromatic rings. The summed E-state index contributed by atoms with van der Waals surface area (Å²) in [5.74, 6) is 0. The van der Waals surface area contributed by atoms with Gasteiger partial charge in [0.25, 0.3) is 0 Å². The number of rotatable bonds is 1. The van der Waals surface area contributed by atoms with Crippen LogP contribution in [-0.4, -0.2) is 0 Å². The molecule has 6 N–H and O–H groups in total. The predicted octanol–water partition coefficient (Wildman–Crippen LogP) is 2.91. The van der Waals surface area contributed by atoms with Gasteiger partial charge in [-0.15, -0.1) is 0 Å². The Balaban J connectivity index is 0.000000194. The molecule has 0 spiro atoms. The Morgan fingerprint density at radius 3 is 1.81 bits per heavy atom. The fourth-order valence-electron chi connectivity index (χ4n) is 2.08. The van der Waals surface area contributed by atoms with Crippen molar-refractivity contribution >= 4 is 5.69 Å². The van der Waals surface area contributed by atoms with E-state index >= 15 is 0 Å². The maximum Gasteiger partial charge on any atom is 0.0634 e. The number of nitrogens with two attached hydrogens (primary N) is 3. The lowest BCUT2D eigenvalue weighted by Crippen LogP contribution is -2.35. The zero-order valence-electron chi connectivity index (χ0n) is 11.9. The summed E-state index contributed by atoms with van der Waals surface area (Å²) >= 11 is 0. The summed E-state index contributed by atoms with van der Waals surface area (Å²) in [5, 5.41) is 0. The predicted molar refractivity (Wildman–Crippen MR) is 89.2 cm³/mol. The number of para-hydroxylation sites is 1. The average molecular weight is 279 g/mol. The quantitative estimate of drug-likeness (QED) is 0.702. The molecule has 0 radical (unpaired) electrons. The Morgan fingerprint density at radius 1 is 0.810 bits per heavy atom. The number of anilines is 1. The van der Waals surface area contributed by atoms with Gasteiger partial charge in [0.2, 0.25) is 0 Å². The Hall–Kier alpha value is -2.52. The van der Waals surface area contributed by atoms with E-state index in [0.29, 0.717) is 0 Å². The van der Waals surface area contributed by atoms with Crippen LogP contribution >= 0.6 is 0 Å². The molecular formula is C18H21N3. The summed E-state index contributed by atoms with van der Waals surface area (Å²) in [6.07, 6.45) is 6.57. The SMILES string of the molecule is NC1=CCC(N)(c2ccccc2)C=C1.Nc1ccccc1. The van der Waals surface area contributed by atoms with E-state index in [1.807, 2.05) is 78.9 Å². The second kappa shape index (κ2) is 6.77. The fraction of sp³-hybridized carbons (Fsp3) is 0.111. The van der Waals surface area contributed by atoms with Gasteiger partial charge in [-0.25, -0.2) is 0 Å².